The maximum Gasteiger partial charge on any atom is 0.138 e. The Balaban J connectivity index is 2.24. The molecule has 14 heavy (non-hydrogen) atoms. The molecular formula is C9H16N2O3. The summed E-state index contributed by atoms with van der Waals surface area (Å²) < 4.78 is 9.83. The molecule has 1 aromatic heterocycles. The van der Waals surface area contributed by atoms with E-state index in [1.165, 1.54) is 0 Å². The normalized spacial score (nSPS) is 10.8. The van der Waals surface area contributed by atoms with Crippen LogP contribution in [0.25, 0.3) is 0 Å². The third kappa shape index (κ3) is 3.10. The van der Waals surface area contributed by atoms with Crippen LogP contribution in [0.3, 0.4) is 0 Å². The number of aryl methyl sites for hydroxylation is 2. The van der Waals surface area contributed by atoms with E-state index in [0.29, 0.717) is 19.8 Å². The summed E-state index contributed by atoms with van der Waals surface area (Å²) in [5.41, 5.74) is 4.76. The minimum absolute atomic E-state index is 0.528. The lowest BCUT2D eigenvalue weighted by Crippen LogP contribution is -2.17. The number of aromatic nitrogens is 1. The molecule has 0 aliphatic rings. The fourth-order valence-electron chi connectivity index (χ4n) is 1.07. The smallest absolute Gasteiger partial charge is 0.138 e. The summed E-state index contributed by atoms with van der Waals surface area (Å²) in [7, 11) is 1.64. The van der Waals surface area contributed by atoms with Crippen LogP contribution in [-0.2, 0) is 16.1 Å². The summed E-state index contributed by atoms with van der Waals surface area (Å²) in [6, 6.07) is 0. The van der Waals surface area contributed by atoms with Crippen LogP contribution >= 0.6 is 0 Å². The van der Waals surface area contributed by atoms with Crippen molar-refractivity contribution in [2.24, 2.45) is 0 Å². The van der Waals surface area contributed by atoms with Crippen molar-refractivity contribution < 1.29 is 14.1 Å². The first-order valence-corrected chi connectivity index (χ1v) is 4.51. The third-order valence-corrected chi connectivity index (χ3v) is 1.92. The predicted octanol–water partition coefficient (Wildman–Crippen LogP) is 0.959. The van der Waals surface area contributed by atoms with Gasteiger partial charge < -0.3 is 9.26 Å². The van der Waals surface area contributed by atoms with Crippen molar-refractivity contribution in [2.45, 2.75) is 20.4 Å². The molecule has 5 nitrogen and oxygen atoms in total. The van der Waals surface area contributed by atoms with Gasteiger partial charge in [-0.3, -0.25) is 4.84 Å². The van der Waals surface area contributed by atoms with Crippen LogP contribution in [-0.4, -0.2) is 25.5 Å². The molecule has 0 aliphatic carbocycles. The van der Waals surface area contributed by atoms with Gasteiger partial charge in [0.1, 0.15) is 5.76 Å². The van der Waals surface area contributed by atoms with E-state index < -0.39 is 0 Å². The van der Waals surface area contributed by atoms with E-state index in [4.69, 9.17) is 14.1 Å². The van der Waals surface area contributed by atoms with E-state index in [2.05, 4.69) is 10.6 Å². The Morgan fingerprint density at radius 1 is 1.36 bits per heavy atom. The topological polar surface area (TPSA) is 56.5 Å². The van der Waals surface area contributed by atoms with E-state index in [1.54, 1.807) is 7.11 Å². The molecule has 0 bridgehead atoms. The Bertz CT molecular complexity index is 254. The lowest BCUT2D eigenvalue weighted by atomic mass is 10.2. The van der Waals surface area contributed by atoms with Gasteiger partial charge >= 0.3 is 0 Å². The number of hydrogen-bond donors (Lipinski definition) is 1. The van der Waals surface area contributed by atoms with Crippen molar-refractivity contribution in [3.8, 4) is 0 Å². The Labute approximate surface area is 83.3 Å². The summed E-state index contributed by atoms with van der Waals surface area (Å²) in [6.07, 6.45) is 0. The zero-order chi connectivity index (χ0) is 10.4. The summed E-state index contributed by atoms with van der Waals surface area (Å²) in [5.74, 6) is 0.824. The van der Waals surface area contributed by atoms with E-state index in [1.807, 2.05) is 13.8 Å². The van der Waals surface area contributed by atoms with E-state index >= 15 is 0 Å². The van der Waals surface area contributed by atoms with Crippen LogP contribution < -0.4 is 5.48 Å². The Kier molecular flexibility index (Phi) is 4.58. The average molecular weight is 200 g/mol. The highest BCUT2D eigenvalue weighted by atomic mass is 16.7. The number of hydroxylamine groups is 1. The van der Waals surface area contributed by atoms with Crippen LogP contribution in [0.1, 0.15) is 17.0 Å². The standard InChI is InChI=1S/C9H16N2O3/c1-7-9(8(2)14-11-7)6-10-13-5-4-12-3/h10H,4-6H2,1-3H3. The molecular weight excluding hydrogens is 184 g/mol. The SMILES string of the molecule is COCCONCc1c(C)noc1C. The van der Waals surface area contributed by atoms with E-state index in [-0.39, 0.29) is 0 Å². The van der Waals surface area contributed by atoms with Gasteiger partial charge in [0.2, 0.25) is 0 Å². The van der Waals surface area contributed by atoms with Crippen LogP contribution in [0.2, 0.25) is 0 Å². The molecule has 0 atom stereocenters. The van der Waals surface area contributed by atoms with E-state index in [0.717, 1.165) is 17.0 Å². The highest BCUT2D eigenvalue weighted by Crippen LogP contribution is 2.11. The first kappa shape index (κ1) is 11.2. The van der Waals surface area contributed by atoms with Gasteiger partial charge in [0.15, 0.2) is 0 Å². The molecule has 1 aromatic rings. The van der Waals surface area contributed by atoms with Crippen LogP contribution in [0.5, 0.6) is 0 Å². The van der Waals surface area contributed by atoms with Gasteiger partial charge in [-0.2, -0.15) is 5.48 Å². The van der Waals surface area contributed by atoms with E-state index in [9.17, 15) is 0 Å². The monoisotopic (exact) mass is 200 g/mol. The second kappa shape index (κ2) is 5.74. The fraction of sp³-hybridized carbons (Fsp3) is 0.667. The predicted molar refractivity (Wildman–Crippen MR) is 50.6 cm³/mol. The van der Waals surface area contributed by atoms with Gasteiger partial charge in [-0.15, -0.1) is 0 Å². The lowest BCUT2D eigenvalue weighted by Gasteiger charge is -2.04. The molecule has 0 fully saturated rings. The molecule has 1 heterocycles. The van der Waals surface area contributed by atoms with Gasteiger partial charge in [0, 0.05) is 12.7 Å². The maximum atomic E-state index is 5.11. The third-order valence-electron chi connectivity index (χ3n) is 1.92. The number of nitrogens with one attached hydrogen (secondary N) is 1. The van der Waals surface area contributed by atoms with Crippen molar-refractivity contribution in [1.29, 1.82) is 0 Å². The number of hydrogen-bond acceptors (Lipinski definition) is 5. The lowest BCUT2D eigenvalue weighted by molar-refractivity contribution is 0.00325. The highest BCUT2D eigenvalue weighted by Gasteiger charge is 2.07. The number of nitrogens with zero attached hydrogens (tertiary/aromatic N) is 1. The Morgan fingerprint density at radius 2 is 2.14 bits per heavy atom. The van der Waals surface area contributed by atoms with Crippen molar-refractivity contribution >= 4 is 0 Å². The van der Waals surface area contributed by atoms with Gasteiger partial charge in [-0.1, -0.05) is 5.16 Å². The molecule has 0 aliphatic heterocycles. The Morgan fingerprint density at radius 3 is 2.71 bits per heavy atom. The van der Waals surface area contributed by atoms with Crippen LogP contribution in [0, 0.1) is 13.8 Å². The van der Waals surface area contributed by atoms with Crippen LogP contribution in [0.15, 0.2) is 4.52 Å². The molecule has 0 aromatic carbocycles. The summed E-state index contributed by atoms with van der Waals surface area (Å²) in [6.45, 7) is 5.49. The summed E-state index contributed by atoms with van der Waals surface area (Å²) in [5, 5.41) is 3.84. The quantitative estimate of drug-likeness (QED) is 0.547. The molecule has 0 saturated carbocycles. The molecule has 0 amide bonds. The molecule has 1 rings (SSSR count). The van der Waals surface area contributed by atoms with Gasteiger partial charge in [0.25, 0.3) is 0 Å². The molecule has 1 N–H and O–H groups in total. The minimum atomic E-state index is 0.528. The van der Waals surface area contributed by atoms with Crippen molar-refractivity contribution in [3.63, 3.8) is 0 Å². The van der Waals surface area contributed by atoms with Crippen molar-refractivity contribution in [3.05, 3.63) is 17.0 Å². The summed E-state index contributed by atoms with van der Waals surface area (Å²) >= 11 is 0. The Hall–Kier alpha value is -0.910. The first-order valence-electron chi connectivity index (χ1n) is 4.51. The molecule has 0 unspecified atom stereocenters. The maximum absolute atomic E-state index is 5.11. The van der Waals surface area contributed by atoms with Crippen molar-refractivity contribution in [1.82, 2.24) is 10.6 Å². The first-order chi connectivity index (χ1) is 6.75. The fourth-order valence-corrected chi connectivity index (χ4v) is 1.07. The number of rotatable bonds is 6. The minimum Gasteiger partial charge on any atom is -0.382 e. The van der Waals surface area contributed by atoms with Gasteiger partial charge in [0.05, 0.1) is 25.5 Å². The van der Waals surface area contributed by atoms with Gasteiger partial charge in [-0.05, 0) is 13.8 Å². The zero-order valence-electron chi connectivity index (χ0n) is 8.79. The second-order valence-electron chi connectivity index (χ2n) is 2.97. The number of ether oxygens (including phenoxy) is 1. The van der Waals surface area contributed by atoms with Gasteiger partial charge in [-0.25, -0.2) is 0 Å². The molecule has 0 radical (unpaired) electrons. The number of methoxy groups -OCH3 is 1. The highest BCUT2D eigenvalue weighted by molar-refractivity contribution is 5.19. The molecule has 5 heteroatoms. The zero-order valence-corrected chi connectivity index (χ0v) is 8.79. The second-order valence-corrected chi connectivity index (χ2v) is 2.97. The average Bonchev–Trinajstić information content (AvgIpc) is 2.48. The molecule has 0 spiro atoms. The van der Waals surface area contributed by atoms with Crippen molar-refractivity contribution in [2.75, 3.05) is 20.3 Å². The summed E-state index contributed by atoms with van der Waals surface area (Å²) in [4.78, 5) is 5.11. The molecule has 0 saturated heterocycles. The largest absolute Gasteiger partial charge is 0.382 e. The van der Waals surface area contributed by atoms with Crippen LogP contribution in [0.4, 0.5) is 0 Å². The molecule has 80 valence electrons.